The minimum Gasteiger partial charge on any atom is -0.459 e. The zero-order valence-corrected chi connectivity index (χ0v) is 48.4. The number of Topliss-reactive ketones (excluding diaryl/α,β-unsaturated/α-hetero) is 2. The number of aromatic nitrogens is 2. The van der Waals surface area contributed by atoms with Gasteiger partial charge in [-0.2, -0.15) is 0 Å². The van der Waals surface area contributed by atoms with Gasteiger partial charge in [0.15, 0.2) is 17.2 Å². The number of ether oxygens (including phenoxy) is 3. The number of alkyl carbamates (subject to hydrolysis) is 1. The van der Waals surface area contributed by atoms with Crippen molar-refractivity contribution in [2.45, 2.75) is 162 Å². The average molecular weight is 1150 g/mol. The third kappa shape index (κ3) is 16.0. The number of benzene rings is 2. The summed E-state index contributed by atoms with van der Waals surface area (Å²) in [5.41, 5.74) is 0.679. The quantitative estimate of drug-likeness (QED) is 0.0271. The van der Waals surface area contributed by atoms with Gasteiger partial charge in [0.05, 0.1) is 60.7 Å². The number of nitrogens with one attached hydrogen (secondary N) is 5. The number of pyridine rings is 2. The summed E-state index contributed by atoms with van der Waals surface area (Å²) in [7, 11) is 0. The lowest BCUT2D eigenvalue weighted by molar-refractivity contribution is -0.172. The van der Waals surface area contributed by atoms with E-state index in [4.69, 9.17) is 19.2 Å². The number of aliphatic hydroxyl groups is 1. The Balaban J connectivity index is 0.888. The number of esters is 2. The molecule has 22 nitrogen and oxygen atoms in total. The number of aryl methyl sites for hydroxylation is 1. The molecule has 1 aliphatic carbocycles. The number of fused-ring (bicyclic) bond motifs is 5. The fourth-order valence-corrected chi connectivity index (χ4v) is 10.5. The van der Waals surface area contributed by atoms with Crippen LogP contribution in [0, 0.1) is 12.7 Å². The fourth-order valence-electron chi connectivity index (χ4n) is 10.5. The summed E-state index contributed by atoms with van der Waals surface area (Å²) in [5.74, 6) is -4.77. The van der Waals surface area contributed by atoms with Gasteiger partial charge in [0.1, 0.15) is 23.6 Å². The number of ketones is 2. The topological polar surface area (TPSA) is 300 Å². The van der Waals surface area contributed by atoms with E-state index in [0.717, 1.165) is 11.1 Å². The van der Waals surface area contributed by atoms with Gasteiger partial charge in [0.25, 0.3) is 5.56 Å². The zero-order chi connectivity index (χ0) is 60.6. The van der Waals surface area contributed by atoms with Crippen molar-refractivity contribution in [1.29, 1.82) is 0 Å². The second kappa shape index (κ2) is 26.5. The van der Waals surface area contributed by atoms with Crippen LogP contribution in [0.1, 0.15) is 145 Å². The number of halogens is 1. The number of amides is 5. The molecule has 0 radical (unpaired) electrons. The highest BCUT2D eigenvalue weighted by atomic mass is 19.1. The predicted molar refractivity (Wildman–Crippen MR) is 301 cm³/mol. The summed E-state index contributed by atoms with van der Waals surface area (Å²) in [4.78, 5) is 137. The Morgan fingerprint density at radius 3 is 2.25 bits per heavy atom. The van der Waals surface area contributed by atoms with Crippen LogP contribution in [0.5, 0.6) is 0 Å². The van der Waals surface area contributed by atoms with E-state index in [9.17, 15) is 53.1 Å². The van der Waals surface area contributed by atoms with Crippen LogP contribution >= 0.6 is 0 Å². The molecule has 2 aromatic heterocycles. The molecule has 23 heteroatoms. The Labute approximate surface area is 480 Å². The van der Waals surface area contributed by atoms with E-state index >= 15 is 4.39 Å². The molecule has 3 aliphatic rings. The predicted octanol–water partition coefficient (Wildman–Crippen LogP) is 4.24. The highest BCUT2D eigenvalue weighted by molar-refractivity contribution is 5.95. The molecule has 4 aromatic rings. The summed E-state index contributed by atoms with van der Waals surface area (Å²) in [5, 5.41) is 25.8. The number of cyclic esters (lactones) is 1. The molecule has 83 heavy (non-hydrogen) atoms. The van der Waals surface area contributed by atoms with Crippen molar-refractivity contribution in [2.75, 3.05) is 39.3 Å². The summed E-state index contributed by atoms with van der Waals surface area (Å²) >= 11 is 0. The van der Waals surface area contributed by atoms with Gasteiger partial charge >= 0.3 is 18.0 Å². The van der Waals surface area contributed by atoms with E-state index in [2.05, 4.69) is 26.6 Å². The lowest BCUT2D eigenvalue weighted by Gasteiger charge is -2.31. The SMILES string of the molecule is CC[C@@]1(O)C(=O)OCc2c1cc1n(c2=O)Cc2c-1nc1cc(F)c(C)c3c1c2[C@@H](NC(=O)CCCNC(=O)CCC(=O)[C@H](Cc1ccccc1)NC(=O)CCC(=O)CNC(=O)CN(CCNC(=O)OC(C)(C)C)CC(=O)OC(C)(C)C)CC3. The largest absolute Gasteiger partial charge is 0.459 e. The fraction of sp³-hybridized carbons (Fsp3) is 0.517. The van der Waals surface area contributed by atoms with Crippen LogP contribution in [-0.2, 0) is 84.2 Å². The second-order valence-corrected chi connectivity index (χ2v) is 23.2. The number of carbonyl (C=O) groups is 9. The monoisotopic (exact) mass is 1150 g/mol. The third-order valence-electron chi connectivity index (χ3n) is 14.6. The lowest BCUT2D eigenvalue weighted by atomic mass is 9.81. The maximum atomic E-state index is 15.4. The third-order valence-corrected chi connectivity index (χ3v) is 14.6. The van der Waals surface area contributed by atoms with Gasteiger partial charge in [0.2, 0.25) is 23.6 Å². The molecule has 446 valence electrons. The molecule has 2 aromatic carbocycles. The maximum absolute atomic E-state index is 15.4. The van der Waals surface area contributed by atoms with Crippen LogP contribution in [0.4, 0.5) is 9.18 Å². The Hall–Kier alpha value is -7.92. The van der Waals surface area contributed by atoms with Crippen molar-refractivity contribution in [1.82, 2.24) is 41.0 Å². The molecule has 6 N–H and O–H groups in total. The van der Waals surface area contributed by atoms with Crippen molar-refractivity contribution in [3.8, 4) is 11.4 Å². The second-order valence-electron chi connectivity index (χ2n) is 23.2. The summed E-state index contributed by atoms with van der Waals surface area (Å²) in [6, 6.07) is 10.3. The van der Waals surface area contributed by atoms with Crippen LogP contribution in [-0.4, -0.2) is 129 Å². The molecule has 7 rings (SSSR count). The summed E-state index contributed by atoms with van der Waals surface area (Å²) in [6.07, 6.45) is -0.476. The standard InChI is InChI=1S/C60H75FN8O14/c1-9-60(80)40-27-45-54-38(30-69(45)55(77)39(40)33-81-56(60)78)53-42(19-18-37-34(2)41(61)28-44(67-54)52(37)53)65-48(73)16-13-23-62-47(72)22-20-46(71)43(26-35-14-11-10-12-15-35)66-49(74)21-17-36(70)29-64-50(75)31-68(32-51(76)82-58(3,4)5)25-24-63-57(79)83-59(6,7)8/h10-12,14-15,27-28,42-43,80H,9,13,16-26,29-33H2,1-8H3,(H,62,72)(H,63,79)(H,64,75)(H,65,73)(H,66,74)/t42-,43-,60-/m0/s1. The molecule has 2 aliphatic heterocycles. The molecule has 5 amide bonds. The number of nitrogens with zero attached hydrogens (tertiary/aromatic N) is 3. The lowest BCUT2D eigenvalue weighted by Crippen LogP contribution is -2.46. The number of hydrogen-bond donors (Lipinski definition) is 6. The first kappa shape index (κ1) is 62.7. The van der Waals surface area contributed by atoms with Crippen molar-refractivity contribution in [2.24, 2.45) is 0 Å². The smallest absolute Gasteiger partial charge is 0.407 e. The molecule has 0 fully saturated rings. The molecular weight excluding hydrogens is 1080 g/mol. The van der Waals surface area contributed by atoms with Crippen LogP contribution in [0.25, 0.3) is 22.3 Å². The van der Waals surface area contributed by atoms with Gasteiger partial charge < -0.3 is 50.5 Å². The number of hydrogen-bond acceptors (Lipinski definition) is 16. The maximum Gasteiger partial charge on any atom is 0.407 e. The number of carbonyl (C=O) groups excluding carboxylic acids is 9. The van der Waals surface area contributed by atoms with Crippen LogP contribution in [0.3, 0.4) is 0 Å². The molecular formula is C60H75FN8O14. The van der Waals surface area contributed by atoms with Gasteiger partial charge in [-0.3, -0.25) is 43.3 Å². The van der Waals surface area contributed by atoms with Crippen molar-refractivity contribution >= 4 is 64.1 Å². The van der Waals surface area contributed by atoms with Gasteiger partial charge in [-0.05, 0) is 109 Å². The van der Waals surface area contributed by atoms with Crippen molar-refractivity contribution < 1.29 is 66.9 Å². The Bertz CT molecular complexity index is 3260. The van der Waals surface area contributed by atoms with E-state index < -0.39 is 94.1 Å². The minimum atomic E-state index is -2.04. The first-order valence-corrected chi connectivity index (χ1v) is 28.1. The van der Waals surface area contributed by atoms with Gasteiger partial charge in [-0.25, -0.2) is 19.0 Å². The van der Waals surface area contributed by atoms with E-state index in [1.807, 2.05) is 0 Å². The van der Waals surface area contributed by atoms with Crippen molar-refractivity contribution in [3.05, 3.63) is 97.6 Å². The first-order chi connectivity index (χ1) is 39.1. The highest BCUT2D eigenvalue weighted by Crippen LogP contribution is 2.46. The average Bonchev–Trinajstić information content (AvgIpc) is 2.44. The molecule has 0 saturated carbocycles. The van der Waals surface area contributed by atoms with E-state index in [1.54, 1.807) is 91.8 Å². The highest BCUT2D eigenvalue weighted by Gasteiger charge is 2.46. The molecule has 0 saturated heterocycles. The zero-order valence-electron chi connectivity index (χ0n) is 48.4. The van der Waals surface area contributed by atoms with Gasteiger partial charge in [0, 0.05) is 74.3 Å². The molecule has 4 heterocycles. The van der Waals surface area contributed by atoms with E-state index in [-0.39, 0.29) is 114 Å². The molecule has 0 unspecified atom stereocenters. The normalized spacial score (nSPS) is 16.4. The summed E-state index contributed by atoms with van der Waals surface area (Å²) in [6.45, 7) is 12.5. The van der Waals surface area contributed by atoms with Crippen molar-refractivity contribution in [3.63, 3.8) is 0 Å². The summed E-state index contributed by atoms with van der Waals surface area (Å²) < 4.78 is 32.8. The molecule has 0 spiro atoms. The number of rotatable bonds is 25. The Kier molecular flexibility index (Phi) is 20.0. The van der Waals surface area contributed by atoms with E-state index in [1.165, 1.54) is 15.5 Å². The van der Waals surface area contributed by atoms with Crippen LogP contribution in [0.2, 0.25) is 0 Å². The molecule has 0 bridgehead atoms. The Morgan fingerprint density at radius 1 is 0.843 bits per heavy atom. The minimum absolute atomic E-state index is 0.0165. The van der Waals surface area contributed by atoms with Crippen LogP contribution < -0.4 is 32.1 Å². The van der Waals surface area contributed by atoms with Crippen LogP contribution in [0.15, 0.2) is 47.3 Å². The van der Waals surface area contributed by atoms with Gasteiger partial charge in [-0.1, -0.05) is 37.3 Å². The Morgan fingerprint density at radius 2 is 1.55 bits per heavy atom. The van der Waals surface area contributed by atoms with E-state index in [0.29, 0.717) is 51.8 Å². The molecule has 3 atom stereocenters. The van der Waals surface area contributed by atoms with Gasteiger partial charge in [-0.15, -0.1) is 0 Å². The first-order valence-electron chi connectivity index (χ1n) is 28.1.